The SMILES string of the molecule is CCCc1nc(N(C)Cc2cnn(C)c2)sc1CN. The molecule has 6 heteroatoms. The van der Waals surface area contributed by atoms with Crippen molar-refractivity contribution in [2.24, 2.45) is 12.8 Å². The van der Waals surface area contributed by atoms with E-state index in [-0.39, 0.29) is 0 Å². The fourth-order valence-corrected chi connectivity index (χ4v) is 2.97. The Bertz CT molecular complexity index is 531. The molecule has 0 atom stereocenters. The highest BCUT2D eigenvalue weighted by atomic mass is 32.1. The van der Waals surface area contributed by atoms with Crippen LogP contribution in [0.1, 0.15) is 29.5 Å². The molecular formula is C13H21N5S. The summed E-state index contributed by atoms with van der Waals surface area (Å²) >= 11 is 1.70. The Morgan fingerprint density at radius 1 is 1.47 bits per heavy atom. The maximum absolute atomic E-state index is 5.79. The number of nitrogens with zero attached hydrogens (tertiary/aromatic N) is 4. The molecule has 0 saturated heterocycles. The van der Waals surface area contributed by atoms with Crippen LogP contribution in [-0.2, 0) is 26.6 Å². The molecule has 104 valence electrons. The van der Waals surface area contributed by atoms with Crippen LogP contribution in [0.5, 0.6) is 0 Å². The molecule has 5 nitrogen and oxygen atoms in total. The van der Waals surface area contributed by atoms with Crippen molar-refractivity contribution in [2.75, 3.05) is 11.9 Å². The van der Waals surface area contributed by atoms with Crippen molar-refractivity contribution < 1.29 is 0 Å². The number of thiazole rings is 1. The zero-order valence-electron chi connectivity index (χ0n) is 11.8. The van der Waals surface area contributed by atoms with Gasteiger partial charge >= 0.3 is 0 Å². The van der Waals surface area contributed by atoms with Crippen LogP contribution in [0.15, 0.2) is 12.4 Å². The van der Waals surface area contributed by atoms with E-state index in [0.717, 1.165) is 30.2 Å². The van der Waals surface area contributed by atoms with Gasteiger partial charge < -0.3 is 10.6 Å². The number of aryl methyl sites for hydroxylation is 2. The maximum atomic E-state index is 5.79. The minimum atomic E-state index is 0.577. The Morgan fingerprint density at radius 3 is 2.84 bits per heavy atom. The molecule has 0 aliphatic carbocycles. The normalized spacial score (nSPS) is 10.9. The van der Waals surface area contributed by atoms with Crippen molar-refractivity contribution >= 4 is 16.5 Å². The number of hydrogen-bond acceptors (Lipinski definition) is 5. The zero-order chi connectivity index (χ0) is 13.8. The van der Waals surface area contributed by atoms with Gasteiger partial charge in [0.1, 0.15) is 0 Å². The van der Waals surface area contributed by atoms with Crippen molar-refractivity contribution in [1.29, 1.82) is 0 Å². The Kier molecular flexibility index (Phi) is 4.55. The van der Waals surface area contributed by atoms with Gasteiger partial charge in [0, 0.05) is 43.8 Å². The first-order valence-corrected chi connectivity index (χ1v) is 7.33. The van der Waals surface area contributed by atoms with E-state index in [1.165, 1.54) is 10.4 Å². The van der Waals surface area contributed by atoms with E-state index in [0.29, 0.717) is 6.54 Å². The lowest BCUT2D eigenvalue weighted by atomic mass is 10.2. The lowest BCUT2D eigenvalue weighted by molar-refractivity contribution is 0.766. The van der Waals surface area contributed by atoms with E-state index in [4.69, 9.17) is 10.7 Å². The van der Waals surface area contributed by atoms with Crippen molar-refractivity contribution in [3.63, 3.8) is 0 Å². The molecule has 0 unspecified atom stereocenters. The van der Waals surface area contributed by atoms with E-state index in [1.54, 1.807) is 11.3 Å². The van der Waals surface area contributed by atoms with E-state index >= 15 is 0 Å². The van der Waals surface area contributed by atoms with Crippen molar-refractivity contribution in [3.8, 4) is 0 Å². The molecule has 2 rings (SSSR count). The van der Waals surface area contributed by atoms with Crippen LogP contribution in [0.2, 0.25) is 0 Å². The molecular weight excluding hydrogens is 258 g/mol. The number of aromatic nitrogens is 3. The number of anilines is 1. The van der Waals surface area contributed by atoms with Gasteiger partial charge in [-0.05, 0) is 6.42 Å². The summed E-state index contributed by atoms with van der Waals surface area (Å²) < 4.78 is 1.82. The molecule has 19 heavy (non-hydrogen) atoms. The van der Waals surface area contributed by atoms with Crippen LogP contribution < -0.4 is 10.6 Å². The van der Waals surface area contributed by atoms with E-state index in [9.17, 15) is 0 Å². The highest BCUT2D eigenvalue weighted by molar-refractivity contribution is 7.15. The molecule has 0 amide bonds. The first kappa shape index (κ1) is 14.0. The summed E-state index contributed by atoms with van der Waals surface area (Å²) in [6, 6.07) is 0. The Balaban J connectivity index is 2.12. The largest absolute Gasteiger partial charge is 0.347 e. The second-order valence-corrected chi connectivity index (χ2v) is 5.76. The molecule has 0 spiro atoms. The number of hydrogen-bond donors (Lipinski definition) is 1. The minimum absolute atomic E-state index is 0.577. The van der Waals surface area contributed by atoms with Crippen LogP contribution >= 0.6 is 11.3 Å². The third-order valence-electron chi connectivity index (χ3n) is 2.94. The average molecular weight is 279 g/mol. The predicted octanol–water partition coefficient (Wildman–Crippen LogP) is 1.92. The van der Waals surface area contributed by atoms with Gasteiger partial charge in [0.2, 0.25) is 0 Å². The Hall–Kier alpha value is -1.40. The van der Waals surface area contributed by atoms with Gasteiger partial charge in [-0.3, -0.25) is 4.68 Å². The summed E-state index contributed by atoms with van der Waals surface area (Å²) in [5.41, 5.74) is 8.13. The molecule has 2 aromatic heterocycles. The van der Waals surface area contributed by atoms with Crippen molar-refractivity contribution in [3.05, 3.63) is 28.5 Å². The minimum Gasteiger partial charge on any atom is -0.347 e. The van der Waals surface area contributed by atoms with Crippen LogP contribution in [0, 0.1) is 0 Å². The van der Waals surface area contributed by atoms with Crippen LogP contribution in [0.4, 0.5) is 5.13 Å². The molecule has 2 heterocycles. The maximum Gasteiger partial charge on any atom is 0.185 e. The van der Waals surface area contributed by atoms with E-state index in [1.807, 2.05) is 24.1 Å². The quantitative estimate of drug-likeness (QED) is 0.877. The third kappa shape index (κ3) is 3.33. The zero-order valence-corrected chi connectivity index (χ0v) is 12.6. The van der Waals surface area contributed by atoms with Gasteiger partial charge in [0.25, 0.3) is 0 Å². The molecule has 0 aromatic carbocycles. The average Bonchev–Trinajstić information content (AvgIpc) is 2.96. The molecule has 2 N–H and O–H groups in total. The van der Waals surface area contributed by atoms with E-state index < -0.39 is 0 Å². The lowest BCUT2D eigenvalue weighted by Gasteiger charge is -2.14. The second kappa shape index (κ2) is 6.16. The number of nitrogens with two attached hydrogens (primary N) is 1. The van der Waals surface area contributed by atoms with E-state index in [2.05, 4.69) is 24.0 Å². The van der Waals surface area contributed by atoms with Crippen molar-refractivity contribution in [2.45, 2.75) is 32.9 Å². The third-order valence-corrected chi connectivity index (χ3v) is 4.18. The molecule has 0 bridgehead atoms. The molecule has 2 aromatic rings. The standard InChI is InChI=1S/C13H21N5S/c1-4-5-11-12(6-14)19-13(16-11)17(2)8-10-7-15-18(3)9-10/h7,9H,4-6,8,14H2,1-3H3. The monoisotopic (exact) mass is 279 g/mol. The first-order chi connectivity index (χ1) is 9.13. The number of rotatable bonds is 6. The van der Waals surface area contributed by atoms with Gasteiger partial charge in [0.05, 0.1) is 11.9 Å². The van der Waals surface area contributed by atoms with Gasteiger partial charge in [-0.15, -0.1) is 11.3 Å². The fraction of sp³-hybridized carbons (Fsp3) is 0.538. The second-order valence-electron chi connectivity index (χ2n) is 4.70. The van der Waals surface area contributed by atoms with Crippen LogP contribution in [0.3, 0.4) is 0 Å². The molecule has 0 radical (unpaired) electrons. The first-order valence-electron chi connectivity index (χ1n) is 6.51. The summed E-state index contributed by atoms with van der Waals surface area (Å²) in [6.45, 7) is 3.56. The topological polar surface area (TPSA) is 60.0 Å². The van der Waals surface area contributed by atoms with Gasteiger partial charge in [-0.1, -0.05) is 13.3 Å². The summed E-state index contributed by atoms with van der Waals surface area (Å²) in [6.07, 6.45) is 6.02. The highest BCUT2D eigenvalue weighted by Crippen LogP contribution is 2.27. The lowest BCUT2D eigenvalue weighted by Crippen LogP contribution is -2.15. The van der Waals surface area contributed by atoms with Gasteiger partial charge in [-0.2, -0.15) is 5.10 Å². The smallest absolute Gasteiger partial charge is 0.185 e. The molecule has 0 fully saturated rings. The van der Waals surface area contributed by atoms with Gasteiger partial charge in [-0.25, -0.2) is 4.98 Å². The summed E-state index contributed by atoms with van der Waals surface area (Å²) in [4.78, 5) is 8.07. The Labute approximate surface area is 118 Å². The summed E-state index contributed by atoms with van der Waals surface area (Å²) in [5, 5.41) is 5.22. The molecule has 0 aliphatic rings. The Morgan fingerprint density at radius 2 is 2.26 bits per heavy atom. The van der Waals surface area contributed by atoms with Gasteiger partial charge in [0.15, 0.2) is 5.13 Å². The summed E-state index contributed by atoms with van der Waals surface area (Å²) in [5.74, 6) is 0. The van der Waals surface area contributed by atoms with Crippen molar-refractivity contribution in [1.82, 2.24) is 14.8 Å². The highest BCUT2D eigenvalue weighted by Gasteiger charge is 2.13. The van der Waals surface area contributed by atoms with Crippen LogP contribution in [0.25, 0.3) is 0 Å². The molecule has 0 saturated carbocycles. The molecule has 0 aliphatic heterocycles. The fourth-order valence-electron chi connectivity index (χ4n) is 2.02. The predicted molar refractivity (Wildman–Crippen MR) is 79.3 cm³/mol. The van der Waals surface area contributed by atoms with Crippen LogP contribution in [-0.4, -0.2) is 21.8 Å². The summed E-state index contributed by atoms with van der Waals surface area (Å²) in [7, 11) is 3.99.